The van der Waals surface area contributed by atoms with Gasteiger partial charge in [-0.2, -0.15) is 13.2 Å². The van der Waals surface area contributed by atoms with Gasteiger partial charge in [0.15, 0.2) is 0 Å². The molecular weight excluding hydrogens is 227 g/mol. The van der Waals surface area contributed by atoms with Crippen LogP contribution >= 0.6 is 0 Å². The summed E-state index contributed by atoms with van der Waals surface area (Å²) < 4.78 is 41.7. The van der Waals surface area contributed by atoms with Crippen molar-refractivity contribution >= 4 is 11.8 Å². The first kappa shape index (κ1) is 12.2. The molecule has 0 spiro atoms. The Hall–Kier alpha value is -1.92. The van der Waals surface area contributed by atoms with E-state index in [1.165, 1.54) is 7.11 Å². The second-order valence-corrected chi connectivity index (χ2v) is 2.84. The Kier molecular flexibility index (Phi) is 3.26. The molecule has 0 fully saturated rings. The smallest absolute Gasteiger partial charge is 0.416 e. The number of hydrogen-bond donors (Lipinski definition) is 2. The zero-order valence-electron chi connectivity index (χ0n) is 8.13. The molecule has 0 aliphatic carbocycles. The van der Waals surface area contributed by atoms with E-state index >= 15 is 0 Å². The average Bonchev–Trinajstić information content (AvgIpc) is 2.15. The van der Waals surface area contributed by atoms with Gasteiger partial charge in [-0.3, -0.25) is 5.32 Å². The molecular formula is C9H8F3NO3. The Morgan fingerprint density at radius 1 is 1.44 bits per heavy atom. The van der Waals surface area contributed by atoms with Crippen molar-refractivity contribution in [2.75, 3.05) is 12.4 Å². The third-order valence-corrected chi connectivity index (χ3v) is 1.77. The molecule has 1 amide bonds. The lowest BCUT2D eigenvalue weighted by Crippen LogP contribution is -2.11. The number of benzene rings is 1. The molecule has 0 bridgehead atoms. The van der Waals surface area contributed by atoms with Gasteiger partial charge in [0.25, 0.3) is 0 Å². The molecule has 0 atom stereocenters. The molecule has 0 heterocycles. The number of ether oxygens (including phenoxy) is 1. The third kappa shape index (κ3) is 2.78. The number of amides is 1. The topological polar surface area (TPSA) is 58.6 Å². The minimum Gasteiger partial charge on any atom is -0.495 e. The first-order chi connectivity index (χ1) is 7.34. The van der Waals surface area contributed by atoms with E-state index in [4.69, 9.17) is 9.84 Å². The van der Waals surface area contributed by atoms with Crippen molar-refractivity contribution in [1.29, 1.82) is 0 Å². The molecule has 4 nitrogen and oxygen atoms in total. The number of nitrogens with one attached hydrogen (secondary N) is 1. The largest absolute Gasteiger partial charge is 0.495 e. The Labute approximate surface area is 88.6 Å². The summed E-state index contributed by atoms with van der Waals surface area (Å²) in [5.41, 5.74) is -1.19. The molecule has 88 valence electrons. The molecule has 2 N–H and O–H groups in total. The monoisotopic (exact) mass is 235 g/mol. The van der Waals surface area contributed by atoms with Crippen molar-refractivity contribution in [3.63, 3.8) is 0 Å². The predicted octanol–water partition coefficient (Wildman–Crippen LogP) is 2.80. The molecule has 0 aromatic heterocycles. The summed E-state index contributed by atoms with van der Waals surface area (Å²) in [5.74, 6) is 0.0235. The number of rotatable bonds is 2. The number of halogens is 3. The van der Waals surface area contributed by atoms with Crippen LogP contribution in [-0.2, 0) is 6.18 Å². The van der Waals surface area contributed by atoms with Crippen molar-refractivity contribution in [2.24, 2.45) is 0 Å². The van der Waals surface area contributed by atoms with Crippen LogP contribution in [0, 0.1) is 0 Å². The van der Waals surface area contributed by atoms with Crippen molar-refractivity contribution in [2.45, 2.75) is 6.18 Å². The average molecular weight is 235 g/mol. The first-order valence-corrected chi connectivity index (χ1v) is 4.10. The first-order valence-electron chi connectivity index (χ1n) is 4.10. The van der Waals surface area contributed by atoms with E-state index < -0.39 is 17.8 Å². The second kappa shape index (κ2) is 4.30. The van der Waals surface area contributed by atoms with Gasteiger partial charge in [0.2, 0.25) is 0 Å². The second-order valence-electron chi connectivity index (χ2n) is 2.84. The number of carboxylic acid groups (broad SMARTS) is 1. The van der Waals surface area contributed by atoms with Gasteiger partial charge >= 0.3 is 12.3 Å². The van der Waals surface area contributed by atoms with Crippen LogP contribution in [0.25, 0.3) is 0 Å². The zero-order valence-corrected chi connectivity index (χ0v) is 8.13. The Bertz CT molecular complexity index is 403. The Morgan fingerprint density at radius 3 is 2.50 bits per heavy atom. The highest BCUT2D eigenvalue weighted by Gasteiger charge is 2.31. The fourth-order valence-electron chi connectivity index (χ4n) is 1.10. The number of alkyl halides is 3. The molecule has 0 saturated heterocycles. The van der Waals surface area contributed by atoms with Crippen LogP contribution in [0.2, 0.25) is 0 Å². The predicted molar refractivity (Wildman–Crippen MR) is 49.6 cm³/mol. The van der Waals surface area contributed by atoms with Crippen LogP contribution in [0.4, 0.5) is 23.7 Å². The zero-order chi connectivity index (χ0) is 12.3. The maximum Gasteiger partial charge on any atom is 0.416 e. The normalized spacial score (nSPS) is 11.0. The summed E-state index contributed by atoms with van der Waals surface area (Å²) >= 11 is 0. The van der Waals surface area contributed by atoms with E-state index in [1.54, 1.807) is 0 Å². The molecule has 0 radical (unpaired) electrons. The fraction of sp³-hybridized carbons (Fsp3) is 0.222. The third-order valence-electron chi connectivity index (χ3n) is 1.77. The quantitative estimate of drug-likeness (QED) is 0.828. The van der Waals surface area contributed by atoms with Gasteiger partial charge in [0.1, 0.15) is 5.75 Å². The molecule has 1 aromatic rings. The highest BCUT2D eigenvalue weighted by Crippen LogP contribution is 2.34. The number of hydrogen-bond acceptors (Lipinski definition) is 2. The van der Waals surface area contributed by atoms with E-state index in [2.05, 4.69) is 0 Å². The molecule has 0 aliphatic heterocycles. The van der Waals surface area contributed by atoms with Crippen molar-refractivity contribution in [3.8, 4) is 5.75 Å². The number of anilines is 1. The molecule has 0 unspecified atom stereocenters. The summed E-state index contributed by atoms with van der Waals surface area (Å²) in [4.78, 5) is 10.3. The molecule has 1 rings (SSSR count). The van der Waals surface area contributed by atoms with Crippen LogP contribution in [0.1, 0.15) is 5.56 Å². The minimum atomic E-state index is -4.53. The number of carbonyl (C=O) groups is 1. The molecule has 0 aliphatic rings. The SMILES string of the molecule is COc1ccc(C(F)(F)F)cc1NC(=O)O. The van der Waals surface area contributed by atoms with E-state index in [-0.39, 0.29) is 11.4 Å². The lowest BCUT2D eigenvalue weighted by molar-refractivity contribution is -0.137. The van der Waals surface area contributed by atoms with Gasteiger partial charge in [-0.25, -0.2) is 4.79 Å². The van der Waals surface area contributed by atoms with Crippen LogP contribution in [0.15, 0.2) is 18.2 Å². The number of methoxy groups -OCH3 is 1. The van der Waals surface area contributed by atoms with Crippen molar-refractivity contribution in [1.82, 2.24) is 0 Å². The van der Waals surface area contributed by atoms with Crippen LogP contribution in [-0.4, -0.2) is 18.3 Å². The van der Waals surface area contributed by atoms with E-state index in [1.807, 2.05) is 5.32 Å². The van der Waals surface area contributed by atoms with Gasteiger partial charge in [0.05, 0.1) is 18.4 Å². The maximum atomic E-state index is 12.3. The van der Waals surface area contributed by atoms with Crippen LogP contribution in [0.5, 0.6) is 5.75 Å². The highest BCUT2D eigenvalue weighted by molar-refractivity contribution is 5.85. The highest BCUT2D eigenvalue weighted by atomic mass is 19.4. The lowest BCUT2D eigenvalue weighted by Gasteiger charge is -2.12. The molecule has 7 heteroatoms. The fourth-order valence-corrected chi connectivity index (χ4v) is 1.10. The van der Waals surface area contributed by atoms with Crippen molar-refractivity contribution < 1.29 is 27.8 Å². The van der Waals surface area contributed by atoms with Gasteiger partial charge in [-0.1, -0.05) is 0 Å². The summed E-state index contributed by atoms with van der Waals surface area (Å²) in [6.45, 7) is 0. The lowest BCUT2D eigenvalue weighted by atomic mass is 10.2. The van der Waals surface area contributed by atoms with Gasteiger partial charge in [0, 0.05) is 0 Å². The maximum absolute atomic E-state index is 12.3. The molecule has 0 saturated carbocycles. The summed E-state index contributed by atoms with van der Waals surface area (Å²) in [6, 6.07) is 2.53. The van der Waals surface area contributed by atoms with Crippen molar-refractivity contribution in [3.05, 3.63) is 23.8 Å². The van der Waals surface area contributed by atoms with Gasteiger partial charge < -0.3 is 9.84 Å². The van der Waals surface area contributed by atoms with E-state index in [0.717, 1.165) is 12.1 Å². The Morgan fingerprint density at radius 2 is 2.06 bits per heavy atom. The van der Waals surface area contributed by atoms with Gasteiger partial charge in [-0.15, -0.1) is 0 Å². The van der Waals surface area contributed by atoms with Crippen LogP contribution < -0.4 is 10.1 Å². The van der Waals surface area contributed by atoms with E-state index in [0.29, 0.717) is 6.07 Å². The van der Waals surface area contributed by atoms with Gasteiger partial charge in [-0.05, 0) is 18.2 Å². The minimum absolute atomic E-state index is 0.0235. The summed E-state index contributed by atoms with van der Waals surface area (Å²) in [6.07, 6.45) is -5.99. The van der Waals surface area contributed by atoms with E-state index in [9.17, 15) is 18.0 Å². The molecule has 1 aromatic carbocycles. The standard InChI is InChI=1S/C9H8F3NO3/c1-16-7-3-2-5(9(10,11)12)4-6(7)13-8(14)15/h2-4,13H,1H3,(H,14,15). The Balaban J connectivity index is 3.16. The summed E-state index contributed by atoms with van der Waals surface area (Å²) in [7, 11) is 1.23. The van der Waals surface area contributed by atoms with Crippen LogP contribution in [0.3, 0.4) is 0 Å². The summed E-state index contributed by atoms with van der Waals surface area (Å²) in [5, 5.41) is 10.3. The molecule has 16 heavy (non-hydrogen) atoms.